The van der Waals surface area contributed by atoms with Crippen LogP contribution in [0.4, 0.5) is 0 Å². The van der Waals surface area contributed by atoms with E-state index < -0.39 is 18.2 Å². The molecular formula is C16H39NO7PS+. The lowest BCUT2D eigenvalue weighted by Crippen LogP contribution is -2.50. The van der Waals surface area contributed by atoms with Gasteiger partial charge in [-0.1, -0.05) is 53.4 Å². The number of unbranched alkanes of at least 4 members (excludes halogenated alkanes) is 4. The maximum atomic E-state index is 9.58. The highest BCUT2D eigenvalue weighted by molar-refractivity contribution is 7.85. The molecule has 0 saturated heterocycles. The van der Waals surface area contributed by atoms with Gasteiger partial charge in [0.25, 0.3) is 0 Å². The van der Waals surface area contributed by atoms with E-state index in [1.807, 2.05) is 0 Å². The molecule has 26 heavy (non-hydrogen) atoms. The monoisotopic (exact) mass is 420 g/mol. The predicted molar refractivity (Wildman–Crippen MR) is 104 cm³/mol. The predicted octanol–water partition coefficient (Wildman–Crippen LogP) is 3.90. The largest absolute Gasteiger partial charge is 0.486 e. The molecule has 0 radical (unpaired) electrons. The topological polar surface area (TPSA) is 121 Å². The first-order valence-electron chi connectivity index (χ1n) is 9.54. The molecule has 0 aromatic carbocycles. The summed E-state index contributed by atoms with van der Waals surface area (Å²) in [7, 11) is -10.2. The van der Waals surface area contributed by atoms with Crippen molar-refractivity contribution in [1.29, 1.82) is 0 Å². The Bertz CT molecular complexity index is 441. The van der Waals surface area contributed by atoms with Gasteiger partial charge >= 0.3 is 18.2 Å². The summed E-state index contributed by atoms with van der Waals surface area (Å²) in [5.41, 5.74) is 0. The SMILES string of the molecule is CCCC[N+](CCCC)(CCCC)CCCC.O=P(O)(O)OS(=O)(=O)O. The van der Waals surface area contributed by atoms with Crippen LogP contribution in [-0.4, -0.2) is 53.4 Å². The van der Waals surface area contributed by atoms with Crippen molar-refractivity contribution in [2.24, 2.45) is 0 Å². The van der Waals surface area contributed by atoms with Crippen molar-refractivity contribution in [3.63, 3.8) is 0 Å². The molecular weight excluding hydrogens is 381 g/mol. The van der Waals surface area contributed by atoms with Crippen LogP contribution in [0.2, 0.25) is 0 Å². The maximum Gasteiger partial charge on any atom is 0.486 e. The van der Waals surface area contributed by atoms with Crippen LogP contribution in [-0.2, 0) is 18.9 Å². The van der Waals surface area contributed by atoms with Gasteiger partial charge in [0, 0.05) is 0 Å². The molecule has 0 aromatic heterocycles. The number of quaternary nitrogens is 1. The Balaban J connectivity index is 0. The molecule has 0 unspecified atom stereocenters. The lowest BCUT2D eigenvalue weighted by Gasteiger charge is -2.39. The fourth-order valence-electron chi connectivity index (χ4n) is 2.77. The molecule has 0 bridgehead atoms. The molecule has 10 heteroatoms. The average molecular weight is 421 g/mol. The Morgan fingerprint density at radius 2 is 1.04 bits per heavy atom. The van der Waals surface area contributed by atoms with Gasteiger partial charge in [-0.25, -0.2) is 4.57 Å². The first kappa shape index (κ1) is 28.2. The van der Waals surface area contributed by atoms with Crippen molar-refractivity contribution in [2.45, 2.75) is 79.1 Å². The van der Waals surface area contributed by atoms with E-state index in [0.717, 1.165) is 0 Å². The van der Waals surface area contributed by atoms with E-state index in [2.05, 4.69) is 31.7 Å². The zero-order chi connectivity index (χ0) is 20.7. The third kappa shape index (κ3) is 18.8. The molecule has 160 valence electrons. The second-order valence-corrected chi connectivity index (χ2v) is 9.08. The molecule has 0 aliphatic rings. The lowest BCUT2D eigenvalue weighted by molar-refractivity contribution is -0.929. The van der Waals surface area contributed by atoms with Crippen LogP contribution >= 0.6 is 7.82 Å². The Hall–Kier alpha value is -0.0200. The Kier molecular flexibility index (Phi) is 16.2. The molecule has 0 atom stereocenters. The van der Waals surface area contributed by atoms with Crippen LogP contribution in [0.15, 0.2) is 0 Å². The van der Waals surface area contributed by atoms with Gasteiger partial charge in [-0.3, -0.25) is 4.55 Å². The smallest absolute Gasteiger partial charge is 0.324 e. The molecule has 0 saturated carbocycles. The van der Waals surface area contributed by atoms with Crippen LogP contribution in [0.1, 0.15) is 79.1 Å². The van der Waals surface area contributed by atoms with E-state index in [1.54, 1.807) is 0 Å². The Morgan fingerprint density at radius 1 is 0.769 bits per heavy atom. The summed E-state index contributed by atoms with van der Waals surface area (Å²) in [6.07, 6.45) is 11.1. The van der Waals surface area contributed by atoms with E-state index in [1.165, 1.54) is 82.0 Å². The van der Waals surface area contributed by atoms with Crippen LogP contribution in [0, 0.1) is 0 Å². The summed E-state index contributed by atoms with van der Waals surface area (Å²) in [6.45, 7) is 15.0. The Labute approximate surface area is 159 Å². The molecule has 0 aliphatic carbocycles. The second kappa shape index (κ2) is 15.0. The zero-order valence-corrected chi connectivity index (χ0v) is 18.5. The Morgan fingerprint density at radius 3 is 1.15 bits per heavy atom. The molecule has 3 N–H and O–H groups in total. The number of rotatable bonds is 14. The van der Waals surface area contributed by atoms with Gasteiger partial charge in [0.05, 0.1) is 26.2 Å². The van der Waals surface area contributed by atoms with Crippen LogP contribution in [0.3, 0.4) is 0 Å². The van der Waals surface area contributed by atoms with Gasteiger partial charge < -0.3 is 14.3 Å². The number of hydrogen-bond donors (Lipinski definition) is 3. The zero-order valence-electron chi connectivity index (χ0n) is 16.8. The van der Waals surface area contributed by atoms with Crippen molar-refractivity contribution in [1.82, 2.24) is 0 Å². The standard InChI is InChI=1S/C16H36N.H3O7PS/c1-5-9-13-17(14-10-6-2,15-11-7-3)16-12-8-4;1-8(2,3)7-9(4,5)6/h5-16H2,1-4H3;(H2,1,2,3)(H,4,5,6)/q+1;. The highest BCUT2D eigenvalue weighted by Crippen LogP contribution is 2.37. The number of hydrogen-bond acceptors (Lipinski definition) is 4. The second-order valence-electron chi connectivity index (χ2n) is 6.64. The first-order valence-corrected chi connectivity index (χ1v) is 12.4. The van der Waals surface area contributed by atoms with Crippen molar-refractivity contribution in [3.8, 4) is 0 Å². The third-order valence-electron chi connectivity index (χ3n) is 4.14. The minimum Gasteiger partial charge on any atom is -0.324 e. The van der Waals surface area contributed by atoms with Gasteiger partial charge in [0.15, 0.2) is 0 Å². The van der Waals surface area contributed by atoms with E-state index in [0.29, 0.717) is 0 Å². The number of nitrogens with zero attached hydrogens (tertiary/aromatic N) is 1. The van der Waals surface area contributed by atoms with E-state index in [9.17, 15) is 13.0 Å². The van der Waals surface area contributed by atoms with Crippen LogP contribution in [0.5, 0.6) is 0 Å². The maximum absolute atomic E-state index is 9.58. The molecule has 0 aliphatic heterocycles. The average Bonchev–Trinajstić information content (AvgIpc) is 2.50. The summed E-state index contributed by atoms with van der Waals surface area (Å²) in [5, 5.41) is 0. The fourth-order valence-corrected chi connectivity index (χ4v) is 3.75. The summed E-state index contributed by atoms with van der Waals surface area (Å²) < 4.78 is 40.4. The highest BCUT2D eigenvalue weighted by Gasteiger charge is 2.24. The molecule has 0 rings (SSSR count). The van der Waals surface area contributed by atoms with Gasteiger partial charge in [0.2, 0.25) is 0 Å². The van der Waals surface area contributed by atoms with E-state index in [-0.39, 0.29) is 0 Å². The minimum absolute atomic E-state index is 1.35. The summed E-state index contributed by atoms with van der Waals surface area (Å²) in [5.74, 6) is 0. The van der Waals surface area contributed by atoms with Crippen molar-refractivity contribution in [2.75, 3.05) is 26.2 Å². The molecule has 0 heterocycles. The summed E-state index contributed by atoms with van der Waals surface area (Å²) >= 11 is 0. The summed E-state index contributed by atoms with van der Waals surface area (Å²) in [6, 6.07) is 0. The fraction of sp³-hybridized carbons (Fsp3) is 1.00. The van der Waals surface area contributed by atoms with Gasteiger partial charge in [-0.05, 0) is 25.7 Å². The highest BCUT2D eigenvalue weighted by atomic mass is 32.3. The molecule has 0 aromatic rings. The van der Waals surface area contributed by atoms with Crippen LogP contribution < -0.4 is 0 Å². The first-order chi connectivity index (χ1) is 11.9. The van der Waals surface area contributed by atoms with E-state index >= 15 is 0 Å². The van der Waals surface area contributed by atoms with Gasteiger partial charge in [-0.2, -0.15) is 8.42 Å². The van der Waals surface area contributed by atoms with Crippen molar-refractivity contribution < 1.29 is 35.8 Å². The summed E-state index contributed by atoms with van der Waals surface area (Å²) in [4.78, 5) is 15.4. The minimum atomic E-state index is -5.13. The van der Waals surface area contributed by atoms with Crippen molar-refractivity contribution >= 4 is 18.2 Å². The molecule has 0 spiro atoms. The van der Waals surface area contributed by atoms with E-state index in [4.69, 9.17) is 14.3 Å². The molecule has 0 amide bonds. The van der Waals surface area contributed by atoms with Crippen molar-refractivity contribution in [3.05, 3.63) is 0 Å². The number of phosphoric acid groups is 1. The third-order valence-corrected chi connectivity index (χ3v) is 5.67. The molecule has 8 nitrogen and oxygen atoms in total. The quantitative estimate of drug-likeness (QED) is 0.221. The normalized spacial score (nSPS) is 12.6. The van der Waals surface area contributed by atoms with Gasteiger partial charge in [0.1, 0.15) is 0 Å². The lowest BCUT2D eigenvalue weighted by atomic mass is 10.1. The van der Waals surface area contributed by atoms with Crippen LogP contribution in [0.25, 0.3) is 0 Å². The van der Waals surface area contributed by atoms with Gasteiger partial charge in [-0.15, -0.1) is 3.97 Å². The molecule has 0 fully saturated rings.